The number of thiazole rings is 1. The van der Waals surface area contributed by atoms with Crippen LogP contribution < -0.4 is 5.32 Å². The van der Waals surface area contributed by atoms with E-state index in [1.54, 1.807) is 5.38 Å². The molecule has 0 atom stereocenters. The lowest BCUT2D eigenvalue weighted by atomic mass is 9.88. The zero-order chi connectivity index (χ0) is 16.7. The smallest absolute Gasteiger partial charge is 0.275 e. The maximum absolute atomic E-state index is 12.4. The Morgan fingerprint density at radius 3 is 2.92 bits per heavy atom. The first-order valence-corrected chi connectivity index (χ1v) is 9.24. The summed E-state index contributed by atoms with van der Waals surface area (Å²) in [5.41, 5.74) is 4.30. The molecule has 1 N–H and O–H groups in total. The number of nitrogens with zero attached hydrogens (tertiary/aromatic N) is 2. The Balaban J connectivity index is 1.76. The van der Waals surface area contributed by atoms with E-state index in [9.17, 15) is 10.1 Å². The standard InChI is InChI=1S/C18H13N3OS2/c1-10-20-14(9-23-10)17(22)21-18-13(8-19)16-12-5-3-2-4-11(12)6-7-15(16)24-18/h2-5,9H,6-7H2,1H3,(H,21,22). The number of hydrogen-bond donors (Lipinski definition) is 1. The summed E-state index contributed by atoms with van der Waals surface area (Å²) in [6.07, 6.45) is 1.87. The highest BCUT2D eigenvalue weighted by Crippen LogP contribution is 2.44. The molecule has 0 saturated heterocycles. The Morgan fingerprint density at radius 1 is 1.33 bits per heavy atom. The van der Waals surface area contributed by atoms with E-state index < -0.39 is 0 Å². The summed E-state index contributed by atoms with van der Waals surface area (Å²) in [7, 11) is 0. The number of carbonyl (C=O) groups excluding carboxylic acids is 1. The Labute approximate surface area is 147 Å². The van der Waals surface area contributed by atoms with Crippen LogP contribution in [0.1, 0.15) is 31.5 Å². The van der Waals surface area contributed by atoms with Crippen molar-refractivity contribution < 1.29 is 4.79 Å². The van der Waals surface area contributed by atoms with Crippen LogP contribution in [0, 0.1) is 18.3 Å². The summed E-state index contributed by atoms with van der Waals surface area (Å²) < 4.78 is 0. The van der Waals surface area contributed by atoms with Gasteiger partial charge in [0.2, 0.25) is 0 Å². The SMILES string of the molecule is Cc1nc(C(=O)Nc2sc3c(c2C#N)-c2ccccc2CC3)cs1. The fourth-order valence-corrected chi connectivity index (χ4v) is 4.75. The summed E-state index contributed by atoms with van der Waals surface area (Å²) in [6.45, 7) is 1.86. The van der Waals surface area contributed by atoms with Gasteiger partial charge in [0.25, 0.3) is 5.91 Å². The number of thiophene rings is 1. The monoisotopic (exact) mass is 351 g/mol. The van der Waals surface area contributed by atoms with Gasteiger partial charge in [0.1, 0.15) is 16.8 Å². The molecule has 0 unspecified atom stereocenters. The van der Waals surface area contributed by atoms with Crippen molar-refractivity contribution in [3.63, 3.8) is 0 Å². The Hall–Kier alpha value is -2.49. The molecular weight excluding hydrogens is 338 g/mol. The van der Waals surface area contributed by atoms with E-state index >= 15 is 0 Å². The largest absolute Gasteiger partial charge is 0.311 e. The zero-order valence-electron chi connectivity index (χ0n) is 12.9. The van der Waals surface area contributed by atoms with E-state index in [-0.39, 0.29) is 5.91 Å². The quantitative estimate of drug-likeness (QED) is 0.744. The number of aryl methyl sites for hydroxylation is 3. The van der Waals surface area contributed by atoms with Crippen molar-refractivity contribution in [1.82, 2.24) is 4.98 Å². The predicted octanol–water partition coefficient (Wildman–Crippen LogP) is 4.40. The van der Waals surface area contributed by atoms with Crippen molar-refractivity contribution in [2.24, 2.45) is 0 Å². The van der Waals surface area contributed by atoms with E-state index in [0.29, 0.717) is 16.3 Å². The summed E-state index contributed by atoms with van der Waals surface area (Å²) in [6, 6.07) is 10.5. The molecular formula is C18H13N3OS2. The van der Waals surface area contributed by atoms with Crippen LogP contribution in [0.4, 0.5) is 5.00 Å². The predicted molar refractivity (Wildman–Crippen MR) is 96.7 cm³/mol. The minimum Gasteiger partial charge on any atom is -0.311 e. The van der Waals surface area contributed by atoms with Crippen molar-refractivity contribution in [2.45, 2.75) is 19.8 Å². The highest BCUT2D eigenvalue weighted by atomic mass is 32.1. The molecule has 0 fully saturated rings. The summed E-state index contributed by atoms with van der Waals surface area (Å²) >= 11 is 2.94. The molecule has 24 heavy (non-hydrogen) atoms. The van der Waals surface area contributed by atoms with Gasteiger partial charge in [0, 0.05) is 15.8 Å². The Morgan fingerprint density at radius 2 is 2.17 bits per heavy atom. The number of benzene rings is 1. The number of hydrogen-bond acceptors (Lipinski definition) is 5. The molecule has 0 bridgehead atoms. The first-order valence-electron chi connectivity index (χ1n) is 7.55. The Bertz CT molecular complexity index is 994. The Kier molecular flexibility index (Phi) is 3.68. The molecule has 3 aromatic rings. The number of aromatic nitrogens is 1. The van der Waals surface area contributed by atoms with Gasteiger partial charge in [-0.2, -0.15) is 5.26 Å². The molecule has 0 saturated carbocycles. The molecule has 1 aromatic carbocycles. The second-order valence-electron chi connectivity index (χ2n) is 5.58. The van der Waals surface area contributed by atoms with Gasteiger partial charge in [-0.25, -0.2) is 4.98 Å². The van der Waals surface area contributed by atoms with Crippen LogP contribution >= 0.6 is 22.7 Å². The van der Waals surface area contributed by atoms with Gasteiger partial charge in [-0.15, -0.1) is 22.7 Å². The maximum Gasteiger partial charge on any atom is 0.275 e. The first-order chi connectivity index (χ1) is 11.7. The normalized spacial score (nSPS) is 12.2. The first kappa shape index (κ1) is 15.1. The average molecular weight is 351 g/mol. The van der Waals surface area contributed by atoms with Gasteiger partial charge in [-0.3, -0.25) is 4.79 Å². The lowest BCUT2D eigenvalue weighted by Crippen LogP contribution is -2.12. The molecule has 1 aliphatic rings. The van der Waals surface area contributed by atoms with Crippen LogP contribution in [0.3, 0.4) is 0 Å². The van der Waals surface area contributed by atoms with Crippen LogP contribution in [-0.4, -0.2) is 10.9 Å². The van der Waals surface area contributed by atoms with Gasteiger partial charge < -0.3 is 5.32 Å². The summed E-state index contributed by atoms with van der Waals surface area (Å²) in [5, 5.41) is 15.8. The summed E-state index contributed by atoms with van der Waals surface area (Å²) in [4.78, 5) is 17.8. The van der Waals surface area contributed by atoms with Crippen LogP contribution in [-0.2, 0) is 12.8 Å². The molecule has 4 nitrogen and oxygen atoms in total. The molecule has 6 heteroatoms. The fraction of sp³-hybridized carbons (Fsp3) is 0.167. The molecule has 4 rings (SSSR count). The molecule has 0 radical (unpaired) electrons. The van der Waals surface area contributed by atoms with Crippen LogP contribution in [0.15, 0.2) is 29.6 Å². The highest BCUT2D eigenvalue weighted by Gasteiger charge is 2.26. The van der Waals surface area contributed by atoms with Crippen molar-refractivity contribution in [3.8, 4) is 17.2 Å². The highest BCUT2D eigenvalue weighted by molar-refractivity contribution is 7.17. The van der Waals surface area contributed by atoms with Crippen LogP contribution in [0.2, 0.25) is 0 Å². The molecule has 0 spiro atoms. The van der Waals surface area contributed by atoms with Crippen molar-refractivity contribution in [3.05, 3.63) is 56.4 Å². The lowest BCUT2D eigenvalue weighted by Gasteiger charge is -2.16. The minimum absolute atomic E-state index is 0.261. The molecule has 2 aromatic heterocycles. The fourth-order valence-electron chi connectivity index (χ4n) is 3.00. The van der Waals surface area contributed by atoms with Gasteiger partial charge in [-0.1, -0.05) is 24.3 Å². The van der Waals surface area contributed by atoms with Crippen molar-refractivity contribution in [1.29, 1.82) is 5.26 Å². The number of nitrogens with one attached hydrogen (secondary N) is 1. The molecule has 0 aliphatic heterocycles. The average Bonchev–Trinajstić information content (AvgIpc) is 3.18. The van der Waals surface area contributed by atoms with E-state index in [4.69, 9.17) is 0 Å². The van der Waals surface area contributed by atoms with E-state index in [0.717, 1.165) is 33.9 Å². The van der Waals surface area contributed by atoms with Gasteiger partial charge >= 0.3 is 0 Å². The lowest BCUT2D eigenvalue weighted by molar-refractivity contribution is 0.102. The number of fused-ring (bicyclic) bond motifs is 3. The molecule has 118 valence electrons. The molecule has 1 aliphatic carbocycles. The third kappa shape index (κ3) is 2.42. The molecule has 2 heterocycles. The van der Waals surface area contributed by atoms with Gasteiger partial charge in [-0.05, 0) is 30.9 Å². The van der Waals surface area contributed by atoms with Crippen molar-refractivity contribution >= 4 is 33.6 Å². The maximum atomic E-state index is 12.4. The topological polar surface area (TPSA) is 65.8 Å². The third-order valence-corrected chi connectivity index (χ3v) is 6.02. The number of carbonyl (C=O) groups is 1. The van der Waals surface area contributed by atoms with Crippen molar-refractivity contribution in [2.75, 3.05) is 5.32 Å². The van der Waals surface area contributed by atoms with E-state index in [1.807, 2.05) is 19.1 Å². The van der Waals surface area contributed by atoms with Crippen LogP contribution in [0.25, 0.3) is 11.1 Å². The van der Waals surface area contributed by atoms with E-state index in [2.05, 4.69) is 28.5 Å². The second kappa shape index (κ2) is 5.86. The minimum atomic E-state index is -0.261. The zero-order valence-corrected chi connectivity index (χ0v) is 14.6. The number of rotatable bonds is 2. The van der Waals surface area contributed by atoms with Gasteiger partial charge in [0.05, 0.1) is 10.6 Å². The summed E-state index contributed by atoms with van der Waals surface area (Å²) in [5.74, 6) is -0.261. The van der Waals surface area contributed by atoms with E-state index in [1.165, 1.54) is 28.2 Å². The number of anilines is 1. The number of nitriles is 1. The van der Waals surface area contributed by atoms with Crippen LogP contribution in [0.5, 0.6) is 0 Å². The van der Waals surface area contributed by atoms with Gasteiger partial charge in [0.15, 0.2) is 0 Å². The third-order valence-electron chi connectivity index (χ3n) is 4.08. The molecule has 1 amide bonds. The second-order valence-corrected chi connectivity index (χ2v) is 7.75. The number of amides is 1.